The number of benzene rings is 1. The third-order valence-corrected chi connectivity index (χ3v) is 4.66. The minimum Gasteiger partial charge on any atom is -0.457 e. The zero-order valence-corrected chi connectivity index (χ0v) is 14.7. The summed E-state index contributed by atoms with van der Waals surface area (Å²) >= 11 is 1.41. The molecule has 0 saturated carbocycles. The highest BCUT2D eigenvalue weighted by molar-refractivity contribution is 7.14. The maximum atomic E-state index is 12.0. The average molecular weight is 344 g/mol. The second-order valence-corrected chi connectivity index (χ2v) is 6.76. The number of carbonyl (C=O) groups excluding carboxylic acids is 3. The van der Waals surface area contributed by atoms with E-state index < -0.39 is 5.97 Å². The lowest BCUT2D eigenvalue weighted by molar-refractivity contribution is -0.142. The molecule has 0 radical (unpaired) electrons. The van der Waals surface area contributed by atoms with E-state index in [0.717, 1.165) is 16.9 Å². The molecule has 1 heterocycles. The van der Waals surface area contributed by atoms with Crippen LogP contribution in [0.4, 0.5) is 0 Å². The molecule has 0 N–H and O–H groups in total. The van der Waals surface area contributed by atoms with Crippen molar-refractivity contribution in [3.8, 4) is 0 Å². The van der Waals surface area contributed by atoms with E-state index in [2.05, 4.69) is 0 Å². The van der Waals surface area contributed by atoms with Crippen molar-refractivity contribution in [1.29, 1.82) is 0 Å². The van der Waals surface area contributed by atoms with Gasteiger partial charge >= 0.3 is 5.97 Å². The van der Waals surface area contributed by atoms with Crippen LogP contribution in [-0.4, -0.2) is 24.1 Å². The minimum atomic E-state index is -0.532. The van der Waals surface area contributed by atoms with Crippen LogP contribution in [-0.2, 0) is 16.0 Å². The summed E-state index contributed by atoms with van der Waals surface area (Å²) in [6.45, 7) is 3.67. The molecule has 0 fully saturated rings. The lowest BCUT2D eigenvalue weighted by Gasteiger charge is -2.05. The molecule has 1 aromatic carbocycles. The summed E-state index contributed by atoms with van der Waals surface area (Å²) in [5, 5.41) is 0. The molecule has 0 aliphatic rings. The van der Waals surface area contributed by atoms with E-state index in [1.165, 1.54) is 11.3 Å². The highest BCUT2D eigenvalue weighted by Gasteiger charge is 2.14. The van der Waals surface area contributed by atoms with E-state index in [9.17, 15) is 14.4 Å². The Morgan fingerprint density at radius 1 is 0.958 bits per heavy atom. The van der Waals surface area contributed by atoms with E-state index in [0.29, 0.717) is 10.4 Å². The Bertz CT molecular complexity index is 728. The van der Waals surface area contributed by atoms with Gasteiger partial charge in [-0.2, -0.15) is 0 Å². The Hall–Kier alpha value is -2.27. The van der Waals surface area contributed by atoms with Crippen LogP contribution in [0.1, 0.15) is 50.2 Å². The van der Waals surface area contributed by atoms with Crippen molar-refractivity contribution in [2.24, 2.45) is 0 Å². The molecule has 0 aliphatic heterocycles. The zero-order chi connectivity index (χ0) is 17.5. The van der Waals surface area contributed by atoms with Crippen molar-refractivity contribution in [2.45, 2.75) is 33.1 Å². The summed E-state index contributed by atoms with van der Waals surface area (Å²) in [6.07, 6.45) is 0.983. The first kappa shape index (κ1) is 18.1. The normalized spacial score (nSPS) is 10.4. The highest BCUT2D eigenvalue weighted by atomic mass is 32.1. The fraction of sp³-hybridized carbons (Fsp3) is 0.316. The van der Waals surface area contributed by atoms with Crippen LogP contribution in [0, 0.1) is 6.92 Å². The number of rotatable bonds is 8. The fourth-order valence-electron chi connectivity index (χ4n) is 2.15. The quantitative estimate of drug-likeness (QED) is 0.536. The summed E-state index contributed by atoms with van der Waals surface area (Å²) in [5.41, 5.74) is 1.66. The molecule has 4 nitrogen and oxygen atoms in total. The van der Waals surface area contributed by atoms with Gasteiger partial charge in [0.2, 0.25) is 0 Å². The summed E-state index contributed by atoms with van der Waals surface area (Å²) < 4.78 is 4.97. The van der Waals surface area contributed by atoms with Crippen LogP contribution in [0.15, 0.2) is 36.4 Å². The number of carbonyl (C=O) groups is 3. The van der Waals surface area contributed by atoms with E-state index in [-0.39, 0.29) is 31.0 Å². The second kappa shape index (κ2) is 8.55. The molecule has 2 aromatic rings. The molecule has 2 rings (SSSR count). The first-order valence-corrected chi connectivity index (χ1v) is 8.68. The van der Waals surface area contributed by atoms with Gasteiger partial charge < -0.3 is 4.74 Å². The molecule has 0 amide bonds. The number of hydrogen-bond acceptors (Lipinski definition) is 5. The largest absolute Gasteiger partial charge is 0.457 e. The number of thiophene rings is 1. The molecule has 0 unspecified atom stereocenters. The van der Waals surface area contributed by atoms with Crippen molar-refractivity contribution in [3.63, 3.8) is 0 Å². The molecule has 1 aromatic heterocycles. The van der Waals surface area contributed by atoms with Crippen LogP contribution in [0.2, 0.25) is 0 Å². The first-order valence-electron chi connectivity index (χ1n) is 7.87. The lowest BCUT2D eigenvalue weighted by atomic mass is 10.1. The Labute approximate surface area is 145 Å². The molecule has 126 valence electrons. The van der Waals surface area contributed by atoms with E-state index in [4.69, 9.17) is 4.74 Å². The number of ether oxygens (including phenoxy) is 1. The monoisotopic (exact) mass is 344 g/mol. The standard InChI is InChI=1S/C19H20O4S/c1-3-14-5-7-15(8-6-14)17(21)12-23-19(22)11-9-16(20)18-10-4-13(2)24-18/h4-8,10H,3,9,11-12H2,1-2H3. The third-order valence-electron chi connectivity index (χ3n) is 3.62. The van der Waals surface area contributed by atoms with Crippen molar-refractivity contribution in [2.75, 3.05) is 6.61 Å². The predicted octanol–water partition coefficient (Wildman–Crippen LogP) is 4.01. The first-order chi connectivity index (χ1) is 11.5. The Kier molecular flexibility index (Phi) is 6.44. The smallest absolute Gasteiger partial charge is 0.306 e. The van der Waals surface area contributed by atoms with Gasteiger partial charge in [-0.15, -0.1) is 11.3 Å². The van der Waals surface area contributed by atoms with Crippen molar-refractivity contribution in [3.05, 3.63) is 57.3 Å². The zero-order valence-electron chi connectivity index (χ0n) is 13.8. The van der Waals surface area contributed by atoms with Crippen LogP contribution in [0.3, 0.4) is 0 Å². The third kappa shape index (κ3) is 5.13. The van der Waals surface area contributed by atoms with Crippen molar-refractivity contribution < 1.29 is 19.1 Å². The average Bonchev–Trinajstić information content (AvgIpc) is 3.04. The molecule has 0 aliphatic carbocycles. The van der Waals surface area contributed by atoms with Crippen molar-refractivity contribution >= 4 is 28.9 Å². The van der Waals surface area contributed by atoms with Crippen molar-refractivity contribution in [1.82, 2.24) is 0 Å². The highest BCUT2D eigenvalue weighted by Crippen LogP contribution is 2.17. The maximum absolute atomic E-state index is 12.0. The lowest BCUT2D eigenvalue weighted by Crippen LogP contribution is -2.15. The molecular weight excluding hydrogens is 324 g/mol. The minimum absolute atomic E-state index is 0.0160. The van der Waals surface area contributed by atoms with Gasteiger partial charge in [0.05, 0.1) is 11.3 Å². The van der Waals surface area contributed by atoms with E-state index in [1.807, 2.05) is 32.0 Å². The molecule has 0 bridgehead atoms. The molecular formula is C19H20O4S. The molecule has 24 heavy (non-hydrogen) atoms. The van der Waals surface area contributed by atoms with E-state index in [1.54, 1.807) is 18.2 Å². The maximum Gasteiger partial charge on any atom is 0.306 e. The van der Waals surface area contributed by atoms with Crippen LogP contribution < -0.4 is 0 Å². The molecule has 0 spiro atoms. The Morgan fingerprint density at radius 2 is 1.67 bits per heavy atom. The van der Waals surface area contributed by atoms with Gasteiger partial charge in [0, 0.05) is 16.9 Å². The molecule has 0 atom stereocenters. The number of aryl methyl sites for hydroxylation is 2. The Morgan fingerprint density at radius 3 is 2.25 bits per heavy atom. The van der Waals surface area contributed by atoms with Gasteiger partial charge in [0.25, 0.3) is 0 Å². The molecule has 5 heteroatoms. The van der Waals surface area contributed by atoms with Gasteiger partial charge in [-0.25, -0.2) is 0 Å². The second-order valence-electron chi connectivity index (χ2n) is 5.47. The Balaban J connectivity index is 1.76. The van der Waals surface area contributed by atoms with Crippen LogP contribution >= 0.6 is 11.3 Å². The summed E-state index contributed by atoms with van der Waals surface area (Å²) in [4.78, 5) is 37.3. The fourth-order valence-corrected chi connectivity index (χ4v) is 2.99. The summed E-state index contributed by atoms with van der Waals surface area (Å²) in [7, 11) is 0. The van der Waals surface area contributed by atoms with E-state index >= 15 is 0 Å². The topological polar surface area (TPSA) is 60.4 Å². The predicted molar refractivity (Wildman–Crippen MR) is 93.7 cm³/mol. The van der Waals surface area contributed by atoms with Crippen LogP contribution in [0.25, 0.3) is 0 Å². The van der Waals surface area contributed by atoms with Crippen LogP contribution in [0.5, 0.6) is 0 Å². The van der Waals surface area contributed by atoms with Gasteiger partial charge in [-0.1, -0.05) is 31.2 Å². The summed E-state index contributed by atoms with van der Waals surface area (Å²) in [6, 6.07) is 10.9. The number of hydrogen-bond donors (Lipinski definition) is 0. The number of ketones is 2. The van der Waals surface area contributed by atoms with Gasteiger partial charge in [-0.3, -0.25) is 14.4 Å². The van der Waals surface area contributed by atoms with Gasteiger partial charge in [0.1, 0.15) is 0 Å². The van der Waals surface area contributed by atoms with Gasteiger partial charge in [-0.05, 0) is 31.0 Å². The molecule has 0 saturated heterocycles. The van der Waals surface area contributed by atoms with Gasteiger partial charge in [0.15, 0.2) is 18.2 Å². The number of Topliss-reactive ketones (excluding diaryl/α,β-unsaturated/α-hetero) is 2. The summed E-state index contributed by atoms with van der Waals surface area (Å²) in [5.74, 6) is -0.854. The number of esters is 1. The SMILES string of the molecule is CCc1ccc(C(=O)COC(=O)CCC(=O)c2ccc(C)s2)cc1.